The van der Waals surface area contributed by atoms with E-state index < -0.39 is 0 Å². The Labute approximate surface area is 122 Å². The van der Waals surface area contributed by atoms with Crippen LogP contribution in [-0.2, 0) is 0 Å². The van der Waals surface area contributed by atoms with Gasteiger partial charge in [-0.15, -0.1) is 11.6 Å². The van der Waals surface area contributed by atoms with E-state index in [0.717, 1.165) is 28.3 Å². The van der Waals surface area contributed by atoms with Gasteiger partial charge in [0.1, 0.15) is 11.6 Å². The van der Waals surface area contributed by atoms with Crippen LogP contribution in [0.2, 0.25) is 0 Å². The number of alkyl halides is 1. The first-order valence-corrected chi connectivity index (χ1v) is 6.90. The van der Waals surface area contributed by atoms with Crippen molar-refractivity contribution < 1.29 is 4.74 Å². The van der Waals surface area contributed by atoms with Crippen molar-refractivity contribution in [3.05, 3.63) is 54.4 Å². The van der Waals surface area contributed by atoms with E-state index in [1.54, 1.807) is 7.11 Å². The maximum atomic E-state index is 6.28. The van der Waals surface area contributed by atoms with Crippen LogP contribution in [0, 0.1) is 0 Å². The third kappa shape index (κ3) is 2.14. The van der Waals surface area contributed by atoms with Gasteiger partial charge >= 0.3 is 0 Å². The fourth-order valence-corrected chi connectivity index (χ4v) is 2.46. The molecular weight excluding hydrogens is 272 g/mol. The van der Waals surface area contributed by atoms with Crippen LogP contribution >= 0.6 is 11.6 Å². The van der Waals surface area contributed by atoms with Gasteiger partial charge < -0.3 is 4.74 Å². The Hall–Kier alpha value is -2.00. The molecular formula is C16H15ClN2O. The molecule has 0 aliphatic heterocycles. The summed E-state index contributed by atoms with van der Waals surface area (Å²) in [6.45, 7) is 1.93. The molecule has 0 aliphatic carbocycles. The summed E-state index contributed by atoms with van der Waals surface area (Å²) in [5, 5.41) is -0.162. The molecule has 0 amide bonds. The Morgan fingerprint density at radius 1 is 1.10 bits per heavy atom. The lowest BCUT2D eigenvalue weighted by Crippen LogP contribution is -2.01. The fraction of sp³-hybridized carbons (Fsp3) is 0.188. The monoisotopic (exact) mass is 286 g/mol. The van der Waals surface area contributed by atoms with E-state index in [9.17, 15) is 0 Å². The smallest absolute Gasteiger partial charge is 0.132 e. The normalized spacial score (nSPS) is 12.6. The molecule has 0 aliphatic rings. The average Bonchev–Trinajstić information content (AvgIpc) is 2.87. The summed E-state index contributed by atoms with van der Waals surface area (Å²) in [6.07, 6.45) is 0. The molecule has 3 nitrogen and oxygen atoms in total. The van der Waals surface area contributed by atoms with Crippen LogP contribution in [0.1, 0.15) is 18.1 Å². The molecule has 3 aromatic rings. The Balaban J connectivity index is 2.24. The van der Waals surface area contributed by atoms with Gasteiger partial charge in [0.2, 0.25) is 0 Å². The van der Waals surface area contributed by atoms with Gasteiger partial charge in [0, 0.05) is 5.69 Å². The SMILES string of the molecule is COc1ccc(-n2c(C(C)Cl)nc3ccccc32)cc1. The average molecular weight is 287 g/mol. The molecule has 0 saturated carbocycles. The molecule has 2 aromatic carbocycles. The largest absolute Gasteiger partial charge is 0.497 e. The van der Waals surface area contributed by atoms with E-state index in [1.165, 1.54) is 0 Å². The summed E-state index contributed by atoms with van der Waals surface area (Å²) < 4.78 is 7.29. The number of aromatic nitrogens is 2. The van der Waals surface area contributed by atoms with E-state index >= 15 is 0 Å². The van der Waals surface area contributed by atoms with Crippen LogP contribution in [0.5, 0.6) is 5.75 Å². The Kier molecular flexibility index (Phi) is 3.36. The highest BCUT2D eigenvalue weighted by molar-refractivity contribution is 6.20. The number of nitrogens with zero attached hydrogens (tertiary/aromatic N) is 2. The summed E-state index contributed by atoms with van der Waals surface area (Å²) in [4.78, 5) is 4.63. The maximum absolute atomic E-state index is 6.28. The first-order chi connectivity index (χ1) is 9.70. The topological polar surface area (TPSA) is 27.1 Å². The Morgan fingerprint density at radius 3 is 2.45 bits per heavy atom. The van der Waals surface area contributed by atoms with Crippen molar-refractivity contribution in [1.82, 2.24) is 9.55 Å². The number of imidazole rings is 1. The van der Waals surface area contributed by atoms with Gasteiger partial charge in [-0.1, -0.05) is 12.1 Å². The van der Waals surface area contributed by atoms with Crippen molar-refractivity contribution in [1.29, 1.82) is 0 Å². The Bertz CT molecular complexity index is 732. The minimum Gasteiger partial charge on any atom is -0.497 e. The molecule has 102 valence electrons. The van der Waals surface area contributed by atoms with Crippen molar-refractivity contribution in [3.8, 4) is 11.4 Å². The molecule has 3 rings (SSSR count). The number of para-hydroxylation sites is 2. The number of hydrogen-bond donors (Lipinski definition) is 0. The number of hydrogen-bond acceptors (Lipinski definition) is 2. The molecule has 0 saturated heterocycles. The van der Waals surface area contributed by atoms with Gasteiger partial charge in [0.25, 0.3) is 0 Å². The van der Waals surface area contributed by atoms with Crippen molar-refractivity contribution in [3.63, 3.8) is 0 Å². The maximum Gasteiger partial charge on any atom is 0.132 e. The number of benzene rings is 2. The zero-order valence-electron chi connectivity index (χ0n) is 11.4. The number of halogens is 1. The first-order valence-electron chi connectivity index (χ1n) is 6.46. The molecule has 20 heavy (non-hydrogen) atoms. The number of methoxy groups -OCH3 is 1. The third-order valence-electron chi connectivity index (χ3n) is 3.27. The fourth-order valence-electron chi connectivity index (χ4n) is 2.31. The van der Waals surface area contributed by atoms with Crippen LogP contribution in [0.25, 0.3) is 16.7 Å². The quantitative estimate of drug-likeness (QED) is 0.670. The summed E-state index contributed by atoms with van der Waals surface area (Å²) in [6, 6.07) is 15.9. The van der Waals surface area contributed by atoms with Crippen molar-refractivity contribution in [2.75, 3.05) is 7.11 Å². The van der Waals surface area contributed by atoms with Gasteiger partial charge in [-0.3, -0.25) is 4.57 Å². The molecule has 0 N–H and O–H groups in total. The second kappa shape index (κ2) is 5.17. The highest BCUT2D eigenvalue weighted by Gasteiger charge is 2.15. The molecule has 1 heterocycles. The van der Waals surface area contributed by atoms with E-state index in [0.29, 0.717) is 0 Å². The van der Waals surface area contributed by atoms with Gasteiger partial charge in [0.15, 0.2) is 0 Å². The van der Waals surface area contributed by atoms with E-state index in [4.69, 9.17) is 16.3 Å². The molecule has 0 bridgehead atoms. The minimum absolute atomic E-state index is 0.162. The van der Waals surface area contributed by atoms with E-state index in [1.807, 2.05) is 49.4 Å². The van der Waals surface area contributed by atoms with Gasteiger partial charge in [-0.2, -0.15) is 0 Å². The molecule has 0 spiro atoms. The van der Waals surface area contributed by atoms with Crippen LogP contribution in [0.15, 0.2) is 48.5 Å². The van der Waals surface area contributed by atoms with Crippen LogP contribution in [0.4, 0.5) is 0 Å². The predicted molar refractivity (Wildman–Crippen MR) is 81.9 cm³/mol. The molecule has 0 fully saturated rings. The van der Waals surface area contributed by atoms with Crippen molar-refractivity contribution >= 4 is 22.6 Å². The molecule has 1 unspecified atom stereocenters. The lowest BCUT2D eigenvalue weighted by atomic mass is 10.2. The zero-order valence-corrected chi connectivity index (χ0v) is 12.1. The van der Waals surface area contributed by atoms with Crippen LogP contribution < -0.4 is 4.74 Å². The summed E-state index contributed by atoms with van der Waals surface area (Å²) in [5.41, 5.74) is 3.04. The number of rotatable bonds is 3. The molecule has 4 heteroatoms. The van der Waals surface area contributed by atoms with Gasteiger partial charge in [-0.05, 0) is 43.3 Å². The molecule has 1 aromatic heterocycles. The standard InChI is InChI=1S/C16H15ClN2O/c1-11(17)16-18-14-5-3-4-6-15(14)19(16)12-7-9-13(20-2)10-8-12/h3-11H,1-2H3. The van der Waals surface area contributed by atoms with Gasteiger partial charge in [0.05, 0.1) is 23.5 Å². The van der Waals surface area contributed by atoms with Gasteiger partial charge in [-0.25, -0.2) is 4.98 Å². The predicted octanol–water partition coefficient (Wildman–Crippen LogP) is 4.33. The Morgan fingerprint density at radius 2 is 1.80 bits per heavy atom. The molecule has 1 atom stereocenters. The lowest BCUT2D eigenvalue weighted by Gasteiger charge is -2.11. The molecule has 0 radical (unpaired) electrons. The van der Waals surface area contributed by atoms with E-state index in [-0.39, 0.29) is 5.38 Å². The van der Waals surface area contributed by atoms with E-state index in [2.05, 4.69) is 15.6 Å². The highest BCUT2D eigenvalue weighted by atomic mass is 35.5. The lowest BCUT2D eigenvalue weighted by molar-refractivity contribution is 0.414. The number of ether oxygens (including phenoxy) is 1. The summed E-state index contributed by atoms with van der Waals surface area (Å²) in [7, 11) is 1.66. The minimum atomic E-state index is -0.162. The summed E-state index contributed by atoms with van der Waals surface area (Å²) >= 11 is 6.28. The van der Waals surface area contributed by atoms with Crippen molar-refractivity contribution in [2.45, 2.75) is 12.3 Å². The van der Waals surface area contributed by atoms with Crippen LogP contribution in [-0.4, -0.2) is 16.7 Å². The zero-order chi connectivity index (χ0) is 14.1. The second-order valence-corrected chi connectivity index (χ2v) is 5.26. The third-order valence-corrected chi connectivity index (χ3v) is 3.47. The highest BCUT2D eigenvalue weighted by Crippen LogP contribution is 2.28. The number of fused-ring (bicyclic) bond motifs is 1. The first kappa shape index (κ1) is 13.0. The second-order valence-electron chi connectivity index (χ2n) is 4.61. The van der Waals surface area contributed by atoms with Crippen molar-refractivity contribution in [2.24, 2.45) is 0 Å². The summed E-state index contributed by atoms with van der Waals surface area (Å²) in [5.74, 6) is 1.68. The van der Waals surface area contributed by atoms with Crippen LogP contribution in [0.3, 0.4) is 0 Å².